The molecule has 1 atom stereocenters. The highest BCUT2D eigenvalue weighted by Crippen LogP contribution is 1.73. The highest BCUT2D eigenvalue weighted by Gasteiger charge is 2.12. The minimum absolute atomic E-state index is 0.373. The summed E-state index contributed by atoms with van der Waals surface area (Å²) in [6, 6.07) is -1.23. The van der Waals surface area contributed by atoms with Crippen LogP contribution in [0.5, 0.6) is 0 Å². The van der Waals surface area contributed by atoms with E-state index in [4.69, 9.17) is 10.8 Å². The van der Waals surface area contributed by atoms with Crippen molar-refractivity contribution in [2.75, 3.05) is 6.54 Å². The molecule has 0 aromatic carbocycles. The summed E-state index contributed by atoms with van der Waals surface area (Å²) in [5, 5.41) is 16.8. The van der Waals surface area contributed by atoms with E-state index >= 15 is 0 Å². The van der Waals surface area contributed by atoms with Crippen molar-refractivity contribution in [2.24, 2.45) is 5.73 Å². The smallest absolute Gasteiger partial charge is 0.322 e. The second-order valence-electron chi connectivity index (χ2n) is 1.56. The quantitative estimate of drug-likeness (QED) is 0.320. The Hall–Kier alpha value is -1.37. The molecule has 0 aliphatic carbocycles. The second-order valence-corrected chi connectivity index (χ2v) is 1.56. The third-order valence-electron chi connectivity index (χ3n) is 0.757. The van der Waals surface area contributed by atoms with E-state index in [0.29, 0.717) is 0 Å². The zero-order chi connectivity index (χ0) is 8.15. The number of carboxylic acid groups (broad SMARTS) is 1. The van der Waals surface area contributed by atoms with Crippen LogP contribution in [-0.4, -0.2) is 28.7 Å². The molecule has 7 heteroatoms. The van der Waals surface area contributed by atoms with Gasteiger partial charge in [0.1, 0.15) is 12.6 Å². The molecular weight excluding hydrogens is 142 g/mol. The summed E-state index contributed by atoms with van der Waals surface area (Å²) in [6.07, 6.45) is 0. The number of hydrogen-bond acceptors (Lipinski definition) is 4. The Bertz CT molecular complexity index is 147. The van der Waals surface area contributed by atoms with Crippen molar-refractivity contribution in [3.63, 3.8) is 0 Å². The number of rotatable bonds is 4. The summed E-state index contributed by atoms with van der Waals surface area (Å²) in [6.45, 7) is -0.373. The number of nitro groups is 1. The molecule has 58 valence electrons. The molecule has 0 aliphatic heterocycles. The molecule has 0 aliphatic rings. The first kappa shape index (κ1) is 8.63. The van der Waals surface area contributed by atoms with E-state index in [1.54, 1.807) is 5.43 Å². The first-order valence-corrected chi connectivity index (χ1v) is 2.40. The molecule has 0 spiro atoms. The zero-order valence-electron chi connectivity index (χ0n) is 4.98. The Balaban J connectivity index is 3.49. The first-order valence-electron chi connectivity index (χ1n) is 2.40. The molecule has 0 saturated heterocycles. The van der Waals surface area contributed by atoms with Gasteiger partial charge in [-0.15, -0.1) is 5.43 Å². The maximum absolute atomic E-state index is 9.92. The van der Waals surface area contributed by atoms with Gasteiger partial charge in [0.05, 0.1) is 0 Å². The van der Waals surface area contributed by atoms with Gasteiger partial charge in [-0.2, -0.15) is 0 Å². The number of aliphatic carboxylic acids is 1. The van der Waals surface area contributed by atoms with Crippen molar-refractivity contribution in [1.29, 1.82) is 0 Å². The van der Waals surface area contributed by atoms with Crippen LogP contribution in [0.1, 0.15) is 0 Å². The van der Waals surface area contributed by atoms with Gasteiger partial charge < -0.3 is 10.8 Å². The second kappa shape index (κ2) is 3.62. The van der Waals surface area contributed by atoms with Crippen LogP contribution in [0.4, 0.5) is 0 Å². The third kappa shape index (κ3) is 3.61. The Morgan fingerprint density at radius 2 is 2.40 bits per heavy atom. The Labute approximate surface area is 55.9 Å². The summed E-state index contributed by atoms with van der Waals surface area (Å²) < 4.78 is 0. The van der Waals surface area contributed by atoms with E-state index in [0.717, 1.165) is 0 Å². The van der Waals surface area contributed by atoms with Crippen LogP contribution in [0.2, 0.25) is 0 Å². The number of nitrogens with two attached hydrogens (primary N) is 1. The van der Waals surface area contributed by atoms with Gasteiger partial charge in [-0.1, -0.05) is 0 Å². The highest BCUT2D eigenvalue weighted by atomic mass is 16.7. The fourth-order valence-corrected chi connectivity index (χ4v) is 0.260. The lowest BCUT2D eigenvalue weighted by Crippen LogP contribution is -2.42. The molecule has 4 N–H and O–H groups in total. The largest absolute Gasteiger partial charge is 0.480 e. The molecule has 0 aromatic rings. The van der Waals surface area contributed by atoms with Gasteiger partial charge in [-0.25, -0.2) is 10.1 Å². The van der Waals surface area contributed by atoms with Crippen LogP contribution in [0.15, 0.2) is 0 Å². The minimum Gasteiger partial charge on any atom is -0.480 e. The summed E-state index contributed by atoms with van der Waals surface area (Å²) >= 11 is 0. The van der Waals surface area contributed by atoms with E-state index in [2.05, 4.69) is 0 Å². The van der Waals surface area contributed by atoms with Gasteiger partial charge in [-0.05, 0) is 0 Å². The molecule has 0 amide bonds. The summed E-state index contributed by atoms with van der Waals surface area (Å²) in [5.74, 6) is -1.27. The van der Waals surface area contributed by atoms with Crippen molar-refractivity contribution in [2.45, 2.75) is 6.04 Å². The number of hydrogen-bond donors (Lipinski definition) is 3. The van der Waals surface area contributed by atoms with E-state index in [9.17, 15) is 14.9 Å². The van der Waals surface area contributed by atoms with Crippen molar-refractivity contribution in [3.05, 3.63) is 10.1 Å². The van der Waals surface area contributed by atoms with Crippen LogP contribution >= 0.6 is 0 Å². The zero-order valence-corrected chi connectivity index (χ0v) is 4.98. The molecule has 10 heavy (non-hydrogen) atoms. The molecule has 0 radical (unpaired) electrons. The SMILES string of the molecule is NC(CN[N+](=O)[O-])C(=O)O. The van der Waals surface area contributed by atoms with Gasteiger partial charge in [0.15, 0.2) is 5.03 Å². The van der Waals surface area contributed by atoms with E-state index in [1.165, 1.54) is 0 Å². The number of carboxylic acids is 1. The molecule has 0 heterocycles. The molecule has 7 nitrogen and oxygen atoms in total. The molecular formula is C3H7N3O4. The lowest BCUT2D eigenvalue weighted by molar-refractivity contribution is -0.544. The normalized spacial score (nSPS) is 12.1. The van der Waals surface area contributed by atoms with Crippen molar-refractivity contribution < 1.29 is 14.9 Å². The molecule has 0 aromatic heterocycles. The van der Waals surface area contributed by atoms with Crippen LogP contribution in [0, 0.1) is 10.1 Å². The average molecular weight is 149 g/mol. The standard InChI is InChI=1S/C3H7N3O4/c4-2(3(7)8)1-5-6(9)10/h2,5H,1,4H2,(H,7,8). The van der Waals surface area contributed by atoms with Gasteiger partial charge in [0.25, 0.3) is 0 Å². The van der Waals surface area contributed by atoms with Gasteiger partial charge in [-0.3, -0.25) is 4.79 Å². The van der Waals surface area contributed by atoms with Crippen LogP contribution in [0.25, 0.3) is 0 Å². The van der Waals surface area contributed by atoms with E-state index in [-0.39, 0.29) is 6.54 Å². The predicted octanol–water partition coefficient (Wildman–Crippen LogP) is -1.82. The van der Waals surface area contributed by atoms with E-state index < -0.39 is 17.0 Å². The lowest BCUT2D eigenvalue weighted by Gasteiger charge is -2.01. The summed E-state index contributed by atoms with van der Waals surface area (Å²) in [5.41, 5.74) is 6.54. The van der Waals surface area contributed by atoms with Gasteiger partial charge in [0, 0.05) is 0 Å². The van der Waals surface area contributed by atoms with Gasteiger partial charge in [0.2, 0.25) is 0 Å². The van der Waals surface area contributed by atoms with Crippen molar-refractivity contribution >= 4 is 5.97 Å². The summed E-state index contributed by atoms with van der Waals surface area (Å²) in [4.78, 5) is 19.5. The van der Waals surface area contributed by atoms with Crippen LogP contribution < -0.4 is 11.2 Å². The minimum atomic E-state index is -1.27. The fourth-order valence-electron chi connectivity index (χ4n) is 0.260. The Kier molecular flexibility index (Phi) is 3.12. The maximum Gasteiger partial charge on any atom is 0.322 e. The number of nitrogens with one attached hydrogen (secondary N) is 1. The maximum atomic E-state index is 9.92. The van der Waals surface area contributed by atoms with Crippen molar-refractivity contribution in [3.8, 4) is 0 Å². The number of carbonyl (C=O) groups is 1. The fraction of sp³-hybridized carbons (Fsp3) is 0.667. The van der Waals surface area contributed by atoms with Crippen molar-refractivity contribution in [1.82, 2.24) is 5.43 Å². The monoisotopic (exact) mass is 149 g/mol. The molecule has 0 rings (SSSR count). The molecule has 0 bridgehead atoms. The molecule has 0 fully saturated rings. The van der Waals surface area contributed by atoms with Crippen LogP contribution in [0.3, 0.4) is 0 Å². The van der Waals surface area contributed by atoms with Gasteiger partial charge >= 0.3 is 5.97 Å². The third-order valence-corrected chi connectivity index (χ3v) is 0.757. The lowest BCUT2D eigenvalue weighted by atomic mass is 10.3. The number of hydrazine groups is 1. The molecule has 1 unspecified atom stereocenters. The number of nitrogens with zero attached hydrogens (tertiary/aromatic N) is 1. The predicted molar refractivity (Wildman–Crippen MR) is 30.6 cm³/mol. The molecule has 0 saturated carbocycles. The average Bonchev–Trinajstić information content (AvgIpc) is 1.82. The highest BCUT2D eigenvalue weighted by molar-refractivity contribution is 5.73. The topological polar surface area (TPSA) is 118 Å². The Morgan fingerprint density at radius 1 is 1.90 bits per heavy atom. The van der Waals surface area contributed by atoms with E-state index in [1.807, 2.05) is 0 Å². The van der Waals surface area contributed by atoms with Crippen LogP contribution in [-0.2, 0) is 4.79 Å². The summed E-state index contributed by atoms with van der Waals surface area (Å²) in [7, 11) is 0. The Morgan fingerprint density at radius 3 is 2.70 bits per heavy atom. The first-order chi connectivity index (χ1) is 4.54.